The zero-order chi connectivity index (χ0) is 19.2. The van der Waals surface area contributed by atoms with Gasteiger partial charge in [-0.2, -0.15) is 0 Å². The summed E-state index contributed by atoms with van der Waals surface area (Å²) in [6, 6.07) is 23.0. The molecule has 0 saturated carbocycles. The Hall–Kier alpha value is -3.14. The second-order valence-corrected chi connectivity index (χ2v) is 6.74. The Kier molecular flexibility index (Phi) is 5.87. The lowest BCUT2D eigenvalue weighted by Crippen LogP contribution is -2.39. The van der Waals surface area contributed by atoms with E-state index in [0.29, 0.717) is 12.1 Å². The number of nitrogens with zero attached hydrogens (tertiary/aromatic N) is 1. The molecule has 0 aliphatic heterocycles. The average molecular weight is 361 g/mol. The summed E-state index contributed by atoms with van der Waals surface area (Å²) >= 11 is 0. The van der Waals surface area contributed by atoms with Crippen molar-refractivity contribution in [3.63, 3.8) is 0 Å². The lowest BCUT2D eigenvalue weighted by Gasteiger charge is -2.26. The first-order valence-electron chi connectivity index (χ1n) is 9.04. The monoisotopic (exact) mass is 361 g/mol. The van der Waals surface area contributed by atoms with Gasteiger partial charge in [0.2, 0.25) is 0 Å². The molecular formula is C23H23NO3. The van der Waals surface area contributed by atoms with Crippen molar-refractivity contribution in [3.8, 4) is 0 Å². The van der Waals surface area contributed by atoms with Crippen molar-refractivity contribution >= 4 is 22.6 Å². The van der Waals surface area contributed by atoms with Crippen molar-refractivity contribution in [2.75, 3.05) is 6.61 Å². The molecule has 4 nitrogen and oxygen atoms in total. The zero-order valence-electron chi connectivity index (χ0n) is 15.6. The third kappa shape index (κ3) is 4.73. The summed E-state index contributed by atoms with van der Waals surface area (Å²) in [6.45, 7) is 4.12. The molecule has 1 amide bonds. The summed E-state index contributed by atoms with van der Waals surface area (Å²) in [7, 11) is 0. The fourth-order valence-corrected chi connectivity index (χ4v) is 2.95. The van der Waals surface area contributed by atoms with Gasteiger partial charge in [0.05, 0.1) is 5.56 Å². The van der Waals surface area contributed by atoms with Gasteiger partial charge in [0.25, 0.3) is 5.91 Å². The van der Waals surface area contributed by atoms with Crippen molar-refractivity contribution in [1.29, 1.82) is 0 Å². The lowest BCUT2D eigenvalue weighted by atomic mass is 10.1. The third-order valence-corrected chi connectivity index (χ3v) is 4.45. The number of amides is 1. The maximum atomic E-state index is 12.6. The van der Waals surface area contributed by atoms with E-state index in [-0.39, 0.29) is 18.6 Å². The van der Waals surface area contributed by atoms with Crippen LogP contribution in [0.3, 0.4) is 0 Å². The van der Waals surface area contributed by atoms with Gasteiger partial charge in [0.1, 0.15) is 0 Å². The minimum Gasteiger partial charge on any atom is -0.452 e. The van der Waals surface area contributed by atoms with E-state index in [4.69, 9.17) is 4.74 Å². The number of fused-ring (bicyclic) bond motifs is 1. The molecule has 0 aliphatic rings. The van der Waals surface area contributed by atoms with Crippen molar-refractivity contribution in [2.45, 2.75) is 26.4 Å². The lowest BCUT2D eigenvalue weighted by molar-refractivity contribution is -0.136. The first-order chi connectivity index (χ1) is 13.0. The van der Waals surface area contributed by atoms with Gasteiger partial charge in [0, 0.05) is 12.6 Å². The molecule has 0 aliphatic carbocycles. The number of ether oxygens (including phenoxy) is 1. The van der Waals surface area contributed by atoms with Crippen LogP contribution in [0.5, 0.6) is 0 Å². The number of carbonyl (C=O) groups is 2. The minimum atomic E-state index is -0.488. The molecule has 3 aromatic carbocycles. The molecule has 27 heavy (non-hydrogen) atoms. The van der Waals surface area contributed by atoms with E-state index >= 15 is 0 Å². The molecule has 0 radical (unpaired) electrons. The summed E-state index contributed by atoms with van der Waals surface area (Å²) in [5, 5.41) is 2.02. The normalized spacial score (nSPS) is 10.8. The molecule has 0 spiro atoms. The van der Waals surface area contributed by atoms with E-state index in [1.165, 1.54) is 0 Å². The first-order valence-corrected chi connectivity index (χ1v) is 9.04. The maximum Gasteiger partial charge on any atom is 0.338 e. The molecular weight excluding hydrogens is 338 g/mol. The van der Waals surface area contributed by atoms with Gasteiger partial charge in [-0.15, -0.1) is 0 Å². The highest BCUT2D eigenvalue weighted by molar-refractivity contribution is 5.96. The van der Waals surface area contributed by atoms with Crippen LogP contribution in [-0.2, 0) is 16.1 Å². The number of benzene rings is 3. The maximum absolute atomic E-state index is 12.6. The van der Waals surface area contributed by atoms with E-state index in [0.717, 1.165) is 16.3 Å². The summed E-state index contributed by atoms with van der Waals surface area (Å²) in [6.07, 6.45) is 0. The molecule has 0 saturated heterocycles. The smallest absolute Gasteiger partial charge is 0.338 e. The van der Waals surface area contributed by atoms with Crippen LogP contribution in [0.1, 0.15) is 29.8 Å². The second-order valence-electron chi connectivity index (χ2n) is 6.74. The summed E-state index contributed by atoms with van der Waals surface area (Å²) in [5.74, 6) is -0.694. The summed E-state index contributed by atoms with van der Waals surface area (Å²) in [5.41, 5.74) is 1.49. The number of rotatable bonds is 6. The van der Waals surface area contributed by atoms with Crippen molar-refractivity contribution < 1.29 is 14.3 Å². The molecule has 4 heteroatoms. The molecule has 0 heterocycles. The zero-order valence-corrected chi connectivity index (χ0v) is 15.6. The van der Waals surface area contributed by atoms with Gasteiger partial charge in [0.15, 0.2) is 6.61 Å². The summed E-state index contributed by atoms with van der Waals surface area (Å²) < 4.78 is 5.28. The van der Waals surface area contributed by atoms with Crippen LogP contribution in [0.2, 0.25) is 0 Å². The summed E-state index contributed by atoms with van der Waals surface area (Å²) in [4.78, 5) is 26.6. The van der Waals surface area contributed by atoms with E-state index < -0.39 is 5.97 Å². The van der Waals surface area contributed by atoms with Crippen molar-refractivity contribution in [1.82, 2.24) is 4.90 Å². The van der Waals surface area contributed by atoms with E-state index in [2.05, 4.69) is 0 Å². The van der Waals surface area contributed by atoms with Crippen molar-refractivity contribution in [2.24, 2.45) is 0 Å². The van der Waals surface area contributed by atoms with Crippen molar-refractivity contribution in [3.05, 3.63) is 83.9 Å². The molecule has 138 valence electrons. The molecule has 0 fully saturated rings. The van der Waals surface area contributed by atoms with Crippen LogP contribution in [0.15, 0.2) is 72.8 Å². The Morgan fingerprint density at radius 3 is 2.26 bits per heavy atom. The topological polar surface area (TPSA) is 46.6 Å². The molecule has 0 unspecified atom stereocenters. The Morgan fingerprint density at radius 2 is 1.56 bits per heavy atom. The van der Waals surface area contributed by atoms with Gasteiger partial charge in [-0.3, -0.25) is 4.79 Å². The SMILES string of the molecule is CC(C)N(Cc1ccccc1)C(=O)COC(=O)c1ccc2ccccc2c1. The highest BCUT2D eigenvalue weighted by Crippen LogP contribution is 2.16. The largest absolute Gasteiger partial charge is 0.452 e. The Balaban J connectivity index is 1.64. The fraction of sp³-hybridized carbons (Fsp3) is 0.217. The first kappa shape index (κ1) is 18.6. The molecule has 0 N–H and O–H groups in total. The van der Waals surface area contributed by atoms with Crippen LogP contribution < -0.4 is 0 Å². The Bertz CT molecular complexity index is 935. The fourth-order valence-electron chi connectivity index (χ4n) is 2.95. The van der Waals surface area contributed by atoms with Crippen LogP contribution in [-0.4, -0.2) is 29.4 Å². The van der Waals surface area contributed by atoms with Crippen LogP contribution in [0, 0.1) is 0 Å². The van der Waals surface area contributed by atoms with E-state index in [1.807, 2.05) is 74.5 Å². The highest BCUT2D eigenvalue weighted by atomic mass is 16.5. The molecule has 3 aromatic rings. The van der Waals surface area contributed by atoms with Crippen LogP contribution in [0.25, 0.3) is 10.8 Å². The minimum absolute atomic E-state index is 0.0112. The van der Waals surface area contributed by atoms with Gasteiger partial charge >= 0.3 is 5.97 Å². The standard InChI is InChI=1S/C23H23NO3/c1-17(2)24(15-18-8-4-3-5-9-18)22(25)16-27-23(26)21-13-12-19-10-6-7-11-20(19)14-21/h3-14,17H,15-16H2,1-2H3. The molecule has 3 rings (SSSR count). The Morgan fingerprint density at radius 1 is 0.889 bits per heavy atom. The predicted molar refractivity (Wildman–Crippen MR) is 106 cm³/mol. The number of hydrogen-bond donors (Lipinski definition) is 0. The quantitative estimate of drug-likeness (QED) is 0.610. The average Bonchev–Trinajstić information content (AvgIpc) is 2.70. The van der Waals surface area contributed by atoms with Gasteiger partial charge in [-0.25, -0.2) is 4.79 Å². The van der Waals surface area contributed by atoms with Gasteiger partial charge in [-0.1, -0.05) is 60.7 Å². The van der Waals surface area contributed by atoms with E-state index in [9.17, 15) is 9.59 Å². The van der Waals surface area contributed by atoms with Crippen LogP contribution >= 0.6 is 0 Å². The Labute approximate surface area is 159 Å². The van der Waals surface area contributed by atoms with E-state index in [1.54, 1.807) is 17.0 Å². The molecule has 0 atom stereocenters. The molecule has 0 aromatic heterocycles. The number of hydrogen-bond acceptors (Lipinski definition) is 3. The highest BCUT2D eigenvalue weighted by Gasteiger charge is 2.19. The van der Waals surface area contributed by atoms with Gasteiger partial charge < -0.3 is 9.64 Å². The molecule has 0 bridgehead atoms. The second kappa shape index (κ2) is 8.49. The van der Waals surface area contributed by atoms with Gasteiger partial charge in [-0.05, 0) is 42.3 Å². The number of carbonyl (C=O) groups excluding carboxylic acids is 2. The van der Waals surface area contributed by atoms with Crippen LogP contribution in [0.4, 0.5) is 0 Å². The third-order valence-electron chi connectivity index (χ3n) is 4.45. The number of esters is 1. The predicted octanol–water partition coefficient (Wildman–Crippen LogP) is 4.43.